The van der Waals surface area contributed by atoms with Gasteiger partial charge in [0, 0.05) is 0 Å². The van der Waals surface area contributed by atoms with Gasteiger partial charge in [-0.3, -0.25) is 5.32 Å². The second kappa shape index (κ2) is 4.82. The second-order valence-electron chi connectivity index (χ2n) is 2.80. The van der Waals surface area contributed by atoms with Crippen molar-refractivity contribution in [2.75, 3.05) is 11.9 Å². The second-order valence-corrected chi connectivity index (χ2v) is 2.80. The van der Waals surface area contributed by atoms with Crippen molar-refractivity contribution in [3.63, 3.8) is 0 Å². The highest BCUT2D eigenvalue weighted by molar-refractivity contribution is 5.84. The van der Waals surface area contributed by atoms with Crippen molar-refractivity contribution >= 4 is 11.8 Å². The molecule has 0 aliphatic carbocycles. The maximum atomic E-state index is 12.9. The van der Waals surface area contributed by atoms with E-state index in [1.165, 1.54) is 18.2 Å². The highest BCUT2D eigenvalue weighted by Crippen LogP contribution is 2.16. The topological polar surface area (TPSA) is 38.3 Å². The molecule has 0 fully saturated rings. The molecule has 16 heavy (non-hydrogen) atoms. The van der Waals surface area contributed by atoms with E-state index in [-0.39, 0.29) is 5.69 Å². The van der Waals surface area contributed by atoms with Gasteiger partial charge in [0.25, 0.3) is 0 Å². The summed E-state index contributed by atoms with van der Waals surface area (Å²) >= 11 is 0. The number of nitrogens with one attached hydrogen (secondary N) is 1. The van der Waals surface area contributed by atoms with Gasteiger partial charge in [-0.05, 0) is 12.1 Å². The van der Waals surface area contributed by atoms with Crippen LogP contribution in [0.4, 0.5) is 28.0 Å². The lowest BCUT2D eigenvalue weighted by atomic mass is 10.3. The Labute approximate surface area is 88.0 Å². The first kappa shape index (κ1) is 12.3. The van der Waals surface area contributed by atoms with Gasteiger partial charge in [0.15, 0.2) is 6.61 Å². The van der Waals surface area contributed by atoms with E-state index in [1.54, 1.807) is 0 Å². The fourth-order valence-electron chi connectivity index (χ4n) is 0.856. The van der Waals surface area contributed by atoms with E-state index in [0.717, 1.165) is 6.07 Å². The normalized spacial score (nSPS) is 11.0. The van der Waals surface area contributed by atoms with Crippen LogP contribution >= 0.6 is 0 Å². The Bertz CT molecular complexity index is 378. The lowest BCUT2D eigenvalue weighted by Crippen LogP contribution is -2.23. The number of rotatable bonds is 2. The molecular formula is C9H7F4NO2. The Hall–Kier alpha value is -1.79. The molecule has 0 aliphatic heterocycles. The van der Waals surface area contributed by atoms with Crippen molar-refractivity contribution in [2.24, 2.45) is 0 Å². The summed E-state index contributed by atoms with van der Waals surface area (Å²) in [4.78, 5) is 10.8. The monoisotopic (exact) mass is 237 g/mol. The van der Waals surface area contributed by atoms with E-state index in [9.17, 15) is 22.4 Å². The van der Waals surface area contributed by atoms with E-state index < -0.39 is 24.7 Å². The van der Waals surface area contributed by atoms with Crippen LogP contribution in [0.2, 0.25) is 0 Å². The van der Waals surface area contributed by atoms with E-state index in [0.29, 0.717) is 0 Å². The molecule has 0 radical (unpaired) electrons. The minimum atomic E-state index is -4.60. The predicted octanol–water partition coefficient (Wildman–Crippen LogP) is 2.94. The van der Waals surface area contributed by atoms with Gasteiger partial charge in [-0.25, -0.2) is 9.18 Å². The quantitative estimate of drug-likeness (QED) is 0.803. The first-order chi connectivity index (χ1) is 7.38. The van der Waals surface area contributed by atoms with Gasteiger partial charge in [-0.15, -0.1) is 0 Å². The fraction of sp³-hybridized carbons (Fsp3) is 0.222. The zero-order valence-electron chi connectivity index (χ0n) is 7.84. The van der Waals surface area contributed by atoms with Crippen molar-refractivity contribution < 1.29 is 27.1 Å². The third-order valence-corrected chi connectivity index (χ3v) is 1.48. The number of amides is 1. The average Bonchev–Trinajstić information content (AvgIpc) is 2.18. The molecular weight excluding hydrogens is 230 g/mol. The molecule has 0 spiro atoms. The van der Waals surface area contributed by atoms with Gasteiger partial charge < -0.3 is 4.74 Å². The third-order valence-electron chi connectivity index (χ3n) is 1.48. The molecule has 7 heteroatoms. The van der Waals surface area contributed by atoms with E-state index in [1.807, 2.05) is 5.32 Å². The lowest BCUT2D eigenvalue weighted by molar-refractivity contribution is -0.159. The number of para-hydroxylation sites is 1. The molecule has 0 saturated heterocycles. The van der Waals surface area contributed by atoms with Gasteiger partial charge in [-0.1, -0.05) is 12.1 Å². The molecule has 1 rings (SSSR count). The molecule has 0 heterocycles. The van der Waals surface area contributed by atoms with Crippen molar-refractivity contribution in [3.05, 3.63) is 30.1 Å². The Morgan fingerprint density at radius 1 is 1.31 bits per heavy atom. The summed E-state index contributed by atoms with van der Waals surface area (Å²) in [5, 5.41) is 1.85. The molecule has 3 nitrogen and oxygen atoms in total. The van der Waals surface area contributed by atoms with Gasteiger partial charge in [0.05, 0.1) is 5.69 Å². The third kappa shape index (κ3) is 4.16. The molecule has 1 amide bonds. The molecule has 1 N–H and O–H groups in total. The first-order valence-electron chi connectivity index (χ1n) is 4.13. The summed E-state index contributed by atoms with van der Waals surface area (Å²) in [7, 11) is 0. The smallest absolute Gasteiger partial charge is 0.422 e. The van der Waals surface area contributed by atoms with Gasteiger partial charge in [0.2, 0.25) is 0 Å². The van der Waals surface area contributed by atoms with Crippen LogP contribution in [0.25, 0.3) is 0 Å². The maximum Gasteiger partial charge on any atom is 0.422 e. The molecule has 0 saturated carbocycles. The molecule has 0 aliphatic rings. The average molecular weight is 237 g/mol. The Balaban J connectivity index is 2.50. The van der Waals surface area contributed by atoms with Crippen molar-refractivity contribution in [3.8, 4) is 0 Å². The van der Waals surface area contributed by atoms with Crippen LogP contribution in [0.15, 0.2) is 24.3 Å². The highest BCUT2D eigenvalue weighted by atomic mass is 19.4. The largest absolute Gasteiger partial charge is 0.440 e. The van der Waals surface area contributed by atoms with Crippen molar-refractivity contribution in [1.29, 1.82) is 0 Å². The van der Waals surface area contributed by atoms with E-state index in [2.05, 4.69) is 4.74 Å². The number of ether oxygens (including phenoxy) is 1. The van der Waals surface area contributed by atoms with Crippen LogP contribution in [0.3, 0.4) is 0 Å². The molecule has 0 bridgehead atoms. The summed E-state index contributed by atoms with van der Waals surface area (Å²) < 4.78 is 51.7. The van der Waals surface area contributed by atoms with Gasteiger partial charge in [-0.2, -0.15) is 13.2 Å². The van der Waals surface area contributed by atoms with Gasteiger partial charge >= 0.3 is 12.3 Å². The molecule has 0 aromatic heterocycles. The molecule has 1 aromatic rings. The minimum Gasteiger partial charge on any atom is -0.440 e. The number of hydrogen-bond donors (Lipinski definition) is 1. The van der Waals surface area contributed by atoms with Crippen LogP contribution < -0.4 is 5.32 Å². The summed E-state index contributed by atoms with van der Waals surface area (Å²) in [5.74, 6) is -0.758. The van der Waals surface area contributed by atoms with E-state index in [4.69, 9.17) is 0 Å². The van der Waals surface area contributed by atoms with Crippen molar-refractivity contribution in [1.82, 2.24) is 0 Å². The highest BCUT2D eigenvalue weighted by Gasteiger charge is 2.29. The molecule has 0 atom stereocenters. The molecule has 88 valence electrons. The first-order valence-corrected chi connectivity index (χ1v) is 4.13. The summed E-state index contributed by atoms with van der Waals surface area (Å²) in [5.41, 5.74) is -0.241. The number of carbonyl (C=O) groups is 1. The summed E-state index contributed by atoms with van der Waals surface area (Å²) in [6.45, 7) is -1.71. The minimum absolute atomic E-state index is 0.241. The van der Waals surface area contributed by atoms with Gasteiger partial charge in [0.1, 0.15) is 5.82 Å². The van der Waals surface area contributed by atoms with E-state index >= 15 is 0 Å². The predicted molar refractivity (Wildman–Crippen MR) is 47.4 cm³/mol. The van der Waals surface area contributed by atoms with Crippen LogP contribution in [0.1, 0.15) is 0 Å². The number of halogens is 4. The number of alkyl halides is 3. The Kier molecular flexibility index (Phi) is 3.70. The fourth-order valence-corrected chi connectivity index (χ4v) is 0.856. The Morgan fingerprint density at radius 3 is 2.50 bits per heavy atom. The van der Waals surface area contributed by atoms with Crippen LogP contribution in [-0.2, 0) is 4.74 Å². The number of hydrogen-bond acceptors (Lipinski definition) is 2. The summed E-state index contributed by atoms with van der Waals surface area (Å²) in [6, 6.07) is 5.05. The van der Waals surface area contributed by atoms with Crippen LogP contribution in [-0.4, -0.2) is 18.9 Å². The zero-order chi connectivity index (χ0) is 12.2. The number of anilines is 1. The van der Waals surface area contributed by atoms with Crippen LogP contribution in [0, 0.1) is 5.82 Å². The van der Waals surface area contributed by atoms with Crippen molar-refractivity contribution in [2.45, 2.75) is 6.18 Å². The maximum absolute atomic E-state index is 12.9. The zero-order valence-corrected chi connectivity index (χ0v) is 7.84. The SMILES string of the molecule is O=C(Nc1ccccc1F)OCC(F)(F)F. The summed E-state index contributed by atoms with van der Waals surface area (Å²) in [6.07, 6.45) is -5.96. The lowest BCUT2D eigenvalue weighted by Gasteiger charge is -2.09. The number of carbonyl (C=O) groups excluding carboxylic acids is 1. The van der Waals surface area contributed by atoms with Crippen LogP contribution in [0.5, 0.6) is 0 Å². The standard InChI is InChI=1S/C9H7F4NO2/c10-6-3-1-2-4-7(6)14-8(15)16-5-9(11,12)13/h1-4H,5H2,(H,14,15). The molecule has 0 unspecified atom stereocenters. The number of benzene rings is 1. The Morgan fingerprint density at radius 2 is 1.94 bits per heavy atom. The molecule has 1 aromatic carbocycles.